The Balaban J connectivity index is 1.86. The normalized spacial score (nSPS) is 25.8. The molecule has 1 unspecified atom stereocenters. The fourth-order valence-corrected chi connectivity index (χ4v) is 6.34. The van der Waals surface area contributed by atoms with Gasteiger partial charge in [0.05, 0.1) is 6.04 Å². The molecule has 3 rings (SSSR count). The summed E-state index contributed by atoms with van der Waals surface area (Å²) in [6, 6.07) is -4.45. The van der Waals surface area contributed by atoms with Crippen molar-refractivity contribution in [3.8, 4) is 0 Å². The highest BCUT2D eigenvalue weighted by molar-refractivity contribution is 6.35. The molecule has 0 spiro atoms. The summed E-state index contributed by atoms with van der Waals surface area (Å²) in [5, 5.41) is 17.0. The number of carboxylic acid groups (broad SMARTS) is 1. The molecule has 4 N–H and O–H groups in total. The van der Waals surface area contributed by atoms with Gasteiger partial charge in [-0.2, -0.15) is 13.2 Å². The van der Waals surface area contributed by atoms with Gasteiger partial charge in [-0.1, -0.05) is 33.1 Å². The summed E-state index contributed by atoms with van der Waals surface area (Å²) in [6.45, 7) is 9.44. The monoisotopic (exact) mass is 574 g/mol. The molecule has 2 aliphatic carbocycles. The van der Waals surface area contributed by atoms with E-state index in [-0.39, 0.29) is 29.7 Å². The zero-order valence-electron chi connectivity index (χ0n) is 23.7. The molecule has 10 nitrogen and oxygen atoms in total. The standard InChI is InChI=1S/C27H41F3N4O6/c1-25(2,3)33-24(40)32-18(14-9-7-6-8-10-14)22(37)34-13-15-17(26(15,4)5)19(34)21(36)31-16(20(35)23(38)39)11-12-27(28,29)30/h14-19H,6-13H2,1-5H3,(H,31,36)(H,38,39)(H2,32,33,40)/t15-,16?,17-,18-,19-/m0/s1. The van der Waals surface area contributed by atoms with Crippen molar-refractivity contribution >= 4 is 29.6 Å². The van der Waals surface area contributed by atoms with Crippen LogP contribution in [-0.4, -0.2) is 76.0 Å². The van der Waals surface area contributed by atoms with Gasteiger partial charge in [-0.25, -0.2) is 9.59 Å². The number of alkyl halides is 3. The van der Waals surface area contributed by atoms with Gasteiger partial charge in [-0.3, -0.25) is 14.4 Å². The molecule has 0 aromatic heterocycles. The van der Waals surface area contributed by atoms with Gasteiger partial charge in [0.1, 0.15) is 12.1 Å². The van der Waals surface area contributed by atoms with E-state index in [4.69, 9.17) is 5.11 Å². The number of amides is 4. The highest BCUT2D eigenvalue weighted by atomic mass is 19.4. The van der Waals surface area contributed by atoms with Crippen LogP contribution in [0.25, 0.3) is 0 Å². The molecule has 13 heteroatoms. The third kappa shape index (κ3) is 7.45. The first kappa shape index (κ1) is 31.7. The summed E-state index contributed by atoms with van der Waals surface area (Å²) in [4.78, 5) is 65.2. The minimum atomic E-state index is -4.66. The van der Waals surface area contributed by atoms with E-state index in [1.54, 1.807) is 20.8 Å². The topological polar surface area (TPSA) is 145 Å². The maximum atomic E-state index is 14.0. The number of carboxylic acids is 1. The van der Waals surface area contributed by atoms with Crippen LogP contribution in [0.4, 0.5) is 18.0 Å². The second-order valence-corrected chi connectivity index (χ2v) is 13.0. The number of carbonyl (C=O) groups is 5. The van der Waals surface area contributed by atoms with Crippen molar-refractivity contribution in [2.45, 2.75) is 109 Å². The van der Waals surface area contributed by atoms with Gasteiger partial charge in [-0.15, -0.1) is 0 Å². The highest BCUT2D eigenvalue weighted by Gasteiger charge is 2.69. The van der Waals surface area contributed by atoms with Crippen molar-refractivity contribution in [3.63, 3.8) is 0 Å². The van der Waals surface area contributed by atoms with Crippen LogP contribution in [0.15, 0.2) is 0 Å². The Labute approximate surface area is 232 Å². The van der Waals surface area contributed by atoms with Gasteiger partial charge >= 0.3 is 18.2 Å². The fourth-order valence-electron chi connectivity index (χ4n) is 6.34. The summed E-state index contributed by atoms with van der Waals surface area (Å²) >= 11 is 0. The first-order valence-electron chi connectivity index (χ1n) is 13.9. The highest BCUT2D eigenvalue weighted by Crippen LogP contribution is 2.65. The number of halogens is 3. The predicted molar refractivity (Wildman–Crippen MR) is 138 cm³/mol. The number of likely N-dealkylation sites (tertiary alicyclic amines) is 1. The molecule has 1 aliphatic heterocycles. The number of urea groups is 1. The molecule has 40 heavy (non-hydrogen) atoms. The van der Waals surface area contributed by atoms with E-state index in [9.17, 15) is 37.1 Å². The molecular formula is C27H41F3N4O6. The lowest BCUT2D eigenvalue weighted by Gasteiger charge is -2.37. The zero-order chi connectivity index (χ0) is 30.2. The average molecular weight is 575 g/mol. The van der Waals surface area contributed by atoms with Crippen LogP contribution in [-0.2, 0) is 19.2 Å². The van der Waals surface area contributed by atoms with Crippen LogP contribution < -0.4 is 16.0 Å². The summed E-state index contributed by atoms with van der Waals surface area (Å²) in [5.74, 6) is -5.39. The van der Waals surface area contributed by atoms with Crippen molar-refractivity contribution in [1.29, 1.82) is 0 Å². The van der Waals surface area contributed by atoms with Crippen LogP contribution in [0.5, 0.6) is 0 Å². The van der Waals surface area contributed by atoms with Gasteiger partial charge in [0.25, 0.3) is 5.78 Å². The molecule has 2 saturated carbocycles. The predicted octanol–water partition coefficient (Wildman–Crippen LogP) is 3.00. The number of hydrogen-bond donors (Lipinski definition) is 4. The minimum Gasteiger partial charge on any atom is -0.475 e. The Morgan fingerprint density at radius 3 is 2.12 bits per heavy atom. The average Bonchev–Trinajstić information content (AvgIpc) is 3.15. The van der Waals surface area contributed by atoms with E-state index in [0.717, 1.165) is 19.3 Å². The second-order valence-electron chi connectivity index (χ2n) is 13.0. The maximum Gasteiger partial charge on any atom is 0.389 e. The Bertz CT molecular complexity index is 1020. The molecule has 3 fully saturated rings. The van der Waals surface area contributed by atoms with E-state index in [1.807, 2.05) is 13.8 Å². The van der Waals surface area contributed by atoms with Gasteiger partial charge < -0.3 is 26.0 Å². The van der Waals surface area contributed by atoms with Crippen LogP contribution in [0.3, 0.4) is 0 Å². The van der Waals surface area contributed by atoms with Crippen molar-refractivity contribution < 1.29 is 42.3 Å². The summed E-state index contributed by atoms with van der Waals surface area (Å²) < 4.78 is 38.6. The largest absolute Gasteiger partial charge is 0.475 e. The second kappa shape index (κ2) is 11.6. The number of nitrogens with zero attached hydrogens (tertiary/aromatic N) is 1. The molecule has 4 amide bonds. The van der Waals surface area contributed by atoms with Crippen LogP contribution in [0.1, 0.15) is 79.6 Å². The molecule has 1 heterocycles. The Kier molecular flexibility index (Phi) is 9.15. The van der Waals surface area contributed by atoms with Crippen LogP contribution in [0.2, 0.25) is 0 Å². The number of nitrogens with one attached hydrogen (secondary N) is 3. The van der Waals surface area contributed by atoms with Gasteiger partial charge in [-0.05, 0) is 63.2 Å². The van der Waals surface area contributed by atoms with Crippen molar-refractivity contribution in [2.75, 3.05) is 6.54 Å². The number of rotatable bonds is 9. The van der Waals surface area contributed by atoms with Crippen molar-refractivity contribution in [1.82, 2.24) is 20.9 Å². The van der Waals surface area contributed by atoms with Crippen molar-refractivity contribution in [3.05, 3.63) is 0 Å². The number of piperidine rings is 1. The first-order chi connectivity index (χ1) is 18.3. The van der Waals surface area contributed by atoms with Gasteiger partial charge in [0.15, 0.2) is 0 Å². The number of ketones is 1. The lowest BCUT2D eigenvalue weighted by Crippen LogP contribution is -2.61. The molecule has 5 atom stereocenters. The number of carbonyl (C=O) groups excluding carboxylic acids is 4. The van der Waals surface area contributed by atoms with Gasteiger partial charge in [0.2, 0.25) is 11.8 Å². The molecule has 3 aliphatic rings. The summed E-state index contributed by atoms with van der Waals surface area (Å²) in [6.07, 6.45) is -2.85. The maximum absolute atomic E-state index is 14.0. The zero-order valence-corrected chi connectivity index (χ0v) is 23.7. The van der Waals surface area contributed by atoms with E-state index < -0.39 is 72.3 Å². The van der Waals surface area contributed by atoms with E-state index in [0.29, 0.717) is 12.8 Å². The lowest BCUT2D eigenvalue weighted by molar-refractivity contribution is -0.153. The molecular weight excluding hydrogens is 533 g/mol. The molecule has 0 radical (unpaired) electrons. The van der Waals surface area contributed by atoms with Crippen LogP contribution >= 0.6 is 0 Å². The Morgan fingerprint density at radius 1 is 1.00 bits per heavy atom. The minimum absolute atomic E-state index is 0.0635. The first-order valence-corrected chi connectivity index (χ1v) is 13.9. The van der Waals surface area contributed by atoms with E-state index in [1.165, 1.54) is 4.90 Å². The summed E-state index contributed by atoms with van der Waals surface area (Å²) in [7, 11) is 0. The molecule has 0 aromatic rings. The smallest absolute Gasteiger partial charge is 0.389 e. The van der Waals surface area contributed by atoms with E-state index in [2.05, 4.69) is 16.0 Å². The summed E-state index contributed by atoms with van der Waals surface area (Å²) in [5.41, 5.74) is -0.900. The Hall–Kier alpha value is -2.86. The molecule has 226 valence electrons. The van der Waals surface area contributed by atoms with Crippen molar-refractivity contribution in [2.24, 2.45) is 23.2 Å². The number of aliphatic carboxylic acids is 1. The number of hydrogen-bond acceptors (Lipinski definition) is 5. The molecule has 1 saturated heterocycles. The fraction of sp³-hybridized carbons (Fsp3) is 0.815. The molecule has 0 bridgehead atoms. The number of fused-ring (bicyclic) bond motifs is 1. The van der Waals surface area contributed by atoms with Gasteiger partial charge in [0, 0.05) is 18.5 Å². The van der Waals surface area contributed by atoms with Crippen LogP contribution in [0, 0.1) is 23.2 Å². The molecule has 0 aromatic carbocycles. The number of Topliss-reactive ketones (excluding diaryl/α,β-unsaturated/α-hetero) is 1. The Morgan fingerprint density at radius 2 is 1.60 bits per heavy atom. The third-order valence-electron chi connectivity index (χ3n) is 8.48. The quantitative estimate of drug-likeness (QED) is 0.312. The lowest BCUT2D eigenvalue weighted by atomic mass is 9.83. The third-order valence-corrected chi connectivity index (χ3v) is 8.48. The SMILES string of the molecule is CC(C)(C)NC(=O)N[C@H](C(=O)N1C[C@H]2[C@@H]([C@H]1C(=O)NC(CCC(F)(F)F)C(=O)C(=O)O)C2(C)C)C1CCCCC1. The van der Waals surface area contributed by atoms with E-state index >= 15 is 0 Å².